The molecule has 0 bridgehead atoms. The second kappa shape index (κ2) is 17.0. The minimum absolute atomic E-state index is 0.348. The SMILES string of the molecule is CCCCCCC(CCCO)CCCCCCCCO. The standard InChI is InChI=1S/C18H38O2/c1-2-3-4-9-13-18(15-12-17-20)14-10-7-5-6-8-11-16-19/h18-20H,2-17H2,1H3. The lowest BCUT2D eigenvalue weighted by atomic mass is 9.90. The fourth-order valence-corrected chi connectivity index (χ4v) is 2.92. The summed E-state index contributed by atoms with van der Waals surface area (Å²) in [5, 5.41) is 17.7. The molecule has 0 rings (SSSR count). The molecule has 1 unspecified atom stereocenters. The van der Waals surface area contributed by atoms with Crippen LogP contribution in [0, 0.1) is 5.92 Å². The lowest BCUT2D eigenvalue weighted by Crippen LogP contribution is -2.02. The van der Waals surface area contributed by atoms with E-state index < -0.39 is 0 Å². The van der Waals surface area contributed by atoms with Crippen LogP contribution in [0.1, 0.15) is 96.8 Å². The Bertz CT molecular complexity index is 171. The lowest BCUT2D eigenvalue weighted by Gasteiger charge is -2.16. The highest BCUT2D eigenvalue weighted by molar-refractivity contribution is 4.61. The summed E-state index contributed by atoms with van der Waals surface area (Å²) < 4.78 is 0. The minimum Gasteiger partial charge on any atom is -0.396 e. The van der Waals surface area contributed by atoms with E-state index in [1.807, 2.05) is 0 Å². The first-order chi connectivity index (χ1) is 9.85. The van der Waals surface area contributed by atoms with Crippen molar-refractivity contribution >= 4 is 0 Å². The molecule has 0 aromatic carbocycles. The molecule has 0 aromatic rings. The number of unbranched alkanes of at least 4 members (excludes halogenated alkanes) is 8. The highest BCUT2D eigenvalue weighted by Crippen LogP contribution is 2.22. The van der Waals surface area contributed by atoms with Crippen LogP contribution in [-0.4, -0.2) is 23.4 Å². The van der Waals surface area contributed by atoms with Gasteiger partial charge in [-0.15, -0.1) is 0 Å². The van der Waals surface area contributed by atoms with E-state index in [-0.39, 0.29) is 0 Å². The van der Waals surface area contributed by atoms with Crippen LogP contribution in [-0.2, 0) is 0 Å². The maximum absolute atomic E-state index is 9.00. The zero-order valence-corrected chi connectivity index (χ0v) is 13.8. The summed E-state index contributed by atoms with van der Waals surface area (Å²) in [7, 11) is 0. The van der Waals surface area contributed by atoms with Crippen molar-refractivity contribution in [1.82, 2.24) is 0 Å². The summed E-state index contributed by atoms with van der Waals surface area (Å²) in [6.07, 6.45) is 17.8. The van der Waals surface area contributed by atoms with E-state index in [9.17, 15) is 0 Å². The first-order valence-corrected chi connectivity index (χ1v) is 9.06. The molecule has 0 amide bonds. The van der Waals surface area contributed by atoms with Gasteiger partial charge in [-0.2, -0.15) is 0 Å². The molecule has 0 aliphatic carbocycles. The van der Waals surface area contributed by atoms with Crippen molar-refractivity contribution in [3.05, 3.63) is 0 Å². The topological polar surface area (TPSA) is 40.5 Å². The van der Waals surface area contributed by atoms with Crippen LogP contribution in [0.4, 0.5) is 0 Å². The zero-order chi connectivity index (χ0) is 14.9. The van der Waals surface area contributed by atoms with Crippen molar-refractivity contribution in [2.45, 2.75) is 96.8 Å². The largest absolute Gasteiger partial charge is 0.396 e. The molecule has 0 saturated carbocycles. The van der Waals surface area contributed by atoms with Gasteiger partial charge in [0, 0.05) is 13.2 Å². The Balaban J connectivity index is 3.53. The van der Waals surface area contributed by atoms with Crippen molar-refractivity contribution < 1.29 is 10.2 Å². The normalized spacial score (nSPS) is 12.8. The Morgan fingerprint density at radius 2 is 1.00 bits per heavy atom. The number of hydrogen-bond acceptors (Lipinski definition) is 2. The van der Waals surface area contributed by atoms with Crippen LogP contribution in [0.2, 0.25) is 0 Å². The van der Waals surface area contributed by atoms with E-state index in [0.29, 0.717) is 13.2 Å². The van der Waals surface area contributed by atoms with Gasteiger partial charge in [0.25, 0.3) is 0 Å². The van der Waals surface area contributed by atoms with E-state index in [0.717, 1.165) is 18.8 Å². The number of aliphatic hydroxyl groups excluding tert-OH is 2. The molecule has 0 aliphatic heterocycles. The molecule has 0 heterocycles. The van der Waals surface area contributed by atoms with Crippen molar-refractivity contribution in [3.63, 3.8) is 0 Å². The van der Waals surface area contributed by atoms with Gasteiger partial charge in [0.05, 0.1) is 0 Å². The lowest BCUT2D eigenvalue weighted by molar-refractivity contribution is 0.261. The third-order valence-electron chi connectivity index (χ3n) is 4.26. The molecule has 0 aromatic heterocycles. The third-order valence-corrected chi connectivity index (χ3v) is 4.26. The van der Waals surface area contributed by atoms with Gasteiger partial charge < -0.3 is 10.2 Å². The Hall–Kier alpha value is -0.0800. The predicted molar refractivity (Wildman–Crippen MR) is 88.0 cm³/mol. The molecular weight excluding hydrogens is 248 g/mol. The van der Waals surface area contributed by atoms with Crippen molar-refractivity contribution in [2.24, 2.45) is 5.92 Å². The van der Waals surface area contributed by atoms with E-state index in [1.165, 1.54) is 77.0 Å². The highest BCUT2D eigenvalue weighted by Gasteiger charge is 2.08. The number of aliphatic hydroxyl groups is 2. The van der Waals surface area contributed by atoms with Gasteiger partial charge in [-0.3, -0.25) is 0 Å². The molecule has 2 N–H and O–H groups in total. The average molecular weight is 286 g/mol. The van der Waals surface area contributed by atoms with Gasteiger partial charge in [-0.25, -0.2) is 0 Å². The van der Waals surface area contributed by atoms with Gasteiger partial charge in [0.2, 0.25) is 0 Å². The fraction of sp³-hybridized carbons (Fsp3) is 1.00. The van der Waals surface area contributed by atoms with Gasteiger partial charge in [0.15, 0.2) is 0 Å². The summed E-state index contributed by atoms with van der Waals surface area (Å²) in [5.41, 5.74) is 0. The van der Waals surface area contributed by atoms with Crippen LogP contribution in [0.5, 0.6) is 0 Å². The number of hydrogen-bond donors (Lipinski definition) is 2. The van der Waals surface area contributed by atoms with Gasteiger partial charge in [0.1, 0.15) is 0 Å². The summed E-state index contributed by atoms with van der Waals surface area (Å²) in [6.45, 7) is 2.97. The molecular formula is C18H38O2. The van der Waals surface area contributed by atoms with Crippen molar-refractivity contribution in [2.75, 3.05) is 13.2 Å². The summed E-state index contributed by atoms with van der Waals surface area (Å²) in [6, 6.07) is 0. The summed E-state index contributed by atoms with van der Waals surface area (Å²) >= 11 is 0. The first kappa shape index (κ1) is 19.9. The smallest absolute Gasteiger partial charge is 0.0431 e. The zero-order valence-electron chi connectivity index (χ0n) is 13.8. The fourth-order valence-electron chi connectivity index (χ4n) is 2.92. The molecule has 1 atom stereocenters. The van der Waals surface area contributed by atoms with E-state index in [1.54, 1.807) is 0 Å². The quantitative estimate of drug-likeness (QED) is 0.389. The average Bonchev–Trinajstić information content (AvgIpc) is 2.47. The first-order valence-electron chi connectivity index (χ1n) is 9.06. The molecule has 0 spiro atoms. The van der Waals surface area contributed by atoms with Crippen LogP contribution in [0.25, 0.3) is 0 Å². The molecule has 2 nitrogen and oxygen atoms in total. The summed E-state index contributed by atoms with van der Waals surface area (Å²) in [5.74, 6) is 0.844. The van der Waals surface area contributed by atoms with E-state index >= 15 is 0 Å². The van der Waals surface area contributed by atoms with Gasteiger partial charge >= 0.3 is 0 Å². The third kappa shape index (κ3) is 14.3. The van der Waals surface area contributed by atoms with Gasteiger partial charge in [-0.1, -0.05) is 77.6 Å². The van der Waals surface area contributed by atoms with Crippen LogP contribution < -0.4 is 0 Å². The monoisotopic (exact) mass is 286 g/mol. The van der Waals surface area contributed by atoms with E-state index in [2.05, 4.69) is 6.92 Å². The molecule has 122 valence electrons. The highest BCUT2D eigenvalue weighted by atomic mass is 16.3. The van der Waals surface area contributed by atoms with Crippen molar-refractivity contribution in [3.8, 4) is 0 Å². The molecule has 20 heavy (non-hydrogen) atoms. The molecule has 0 fully saturated rings. The Labute approximate surface area is 127 Å². The second-order valence-corrected chi connectivity index (χ2v) is 6.21. The van der Waals surface area contributed by atoms with Crippen LogP contribution in [0.15, 0.2) is 0 Å². The van der Waals surface area contributed by atoms with Crippen LogP contribution >= 0.6 is 0 Å². The maximum Gasteiger partial charge on any atom is 0.0431 e. The minimum atomic E-state index is 0.348. The Morgan fingerprint density at radius 3 is 1.55 bits per heavy atom. The Kier molecular flexibility index (Phi) is 16.9. The molecule has 0 radical (unpaired) electrons. The van der Waals surface area contributed by atoms with Gasteiger partial charge in [-0.05, 0) is 25.2 Å². The number of rotatable bonds is 16. The Morgan fingerprint density at radius 1 is 0.550 bits per heavy atom. The molecule has 0 aliphatic rings. The summed E-state index contributed by atoms with van der Waals surface area (Å²) in [4.78, 5) is 0. The molecule has 0 saturated heterocycles. The van der Waals surface area contributed by atoms with Crippen LogP contribution in [0.3, 0.4) is 0 Å². The maximum atomic E-state index is 9.00. The van der Waals surface area contributed by atoms with Crippen molar-refractivity contribution in [1.29, 1.82) is 0 Å². The predicted octanol–water partition coefficient (Wildman–Crippen LogP) is 5.07. The molecule has 2 heteroatoms. The van der Waals surface area contributed by atoms with E-state index in [4.69, 9.17) is 10.2 Å². The second-order valence-electron chi connectivity index (χ2n) is 6.21.